The molecule has 0 aromatic heterocycles. The van der Waals surface area contributed by atoms with Crippen LogP contribution in [0.25, 0.3) is 0 Å². The van der Waals surface area contributed by atoms with Crippen LogP contribution in [0.1, 0.15) is 5.56 Å². The van der Waals surface area contributed by atoms with Crippen LogP contribution in [0.4, 0.5) is 0 Å². The Balaban J connectivity index is 0.000000267. The fourth-order valence-electron chi connectivity index (χ4n) is 3.87. The Hall–Kier alpha value is 0.699. The smallest absolute Gasteiger partial charge is 0.298 e. The van der Waals surface area contributed by atoms with E-state index < -0.39 is 0 Å². The van der Waals surface area contributed by atoms with Crippen LogP contribution in [0.5, 0.6) is 0 Å². The van der Waals surface area contributed by atoms with E-state index in [9.17, 15) is 0 Å². The average molecular weight is 580 g/mol. The molecule has 4 aliphatic carbocycles. The average Bonchev–Trinajstić information content (AvgIpc) is 3.58. The maximum Gasteiger partial charge on any atom is 2.00 e. The van der Waals surface area contributed by atoms with Gasteiger partial charge in [0, 0.05) is 35.9 Å². The molecule has 0 atom stereocenters. The van der Waals surface area contributed by atoms with E-state index in [1.807, 2.05) is 64.2 Å². The number of halogens is 1. The van der Waals surface area contributed by atoms with Gasteiger partial charge in [-0.15, -0.1) is 0 Å². The molecule has 6 rings (SSSR count). The number of nitrogens with zero attached hydrogens (tertiary/aromatic N) is 1. The second-order valence-electron chi connectivity index (χ2n) is 7.59. The first-order valence-corrected chi connectivity index (χ1v) is 11.4. The molecule has 33 heavy (non-hydrogen) atoms. The summed E-state index contributed by atoms with van der Waals surface area (Å²) < 4.78 is 1.19. The maximum absolute atomic E-state index is 3.66. The summed E-state index contributed by atoms with van der Waals surface area (Å²) in [6, 6.07) is 8.50. The van der Waals surface area contributed by atoms with Crippen molar-refractivity contribution in [1.82, 2.24) is 4.90 Å². The van der Waals surface area contributed by atoms with Gasteiger partial charge < -0.3 is 0 Å². The Kier molecular flexibility index (Phi) is 14.9. The zero-order chi connectivity index (χ0) is 21.3. The van der Waals surface area contributed by atoms with Gasteiger partial charge in [-0.25, -0.2) is 0 Å². The van der Waals surface area contributed by atoms with Crippen molar-refractivity contribution in [3.8, 4) is 0 Å². The van der Waals surface area contributed by atoms with Gasteiger partial charge in [0.05, 0.1) is 0 Å². The number of fused-ring (bicyclic) bond motifs is 3. The molecule has 4 saturated carbocycles. The van der Waals surface area contributed by atoms with Gasteiger partial charge in [-0.1, -0.05) is 34.1 Å². The third-order valence-electron chi connectivity index (χ3n) is 5.35. The minimum atomic E-state index is 0. The van der Waals surface area contributed by atoms with E-state index in [2.05, 4.69) is 83.6 Å². The molecular weight excluding hydrogens is 554 g/mol. The molecule has 1 nitrogen and oxygen atoms in total. The normalized spacial score (nSPS) is 23.8. The molecule has 5 fully saturated rings. The van der Waals surface area contributed by atoms with E-state index >= 15 is 0 Å². The topological polar surface area (TPSA) is 3.24 Å². The summed E-state index contributed by atoms with van der Waals surface area (Å²) in [4.78, 5) is 2.52. The van der Waals surface area contributed by atoms with Crippen molar-refractivity contribution in [2.75, 3.05) is 13.1 Å². The Morgan fingerprint density at radius 1 is 0.576 bits per heavy atom. The second kappa shape index (κ2) is 16.4. The van der Waals surface area contributed by atoms with Crippen LogP contribution < -0.4 is 0 Å². The van der Waals surface area contributed by atoms with Crippen molar-refractivity contribution in [3.63, 3.8) is 0 Å². The maximum atomic E-state index is 3.66. The van der Waals surface area contributed by atoms with E-state index in [4.69, 9.17) is 0 Å². The molecule has 0 amide bonds. The van der Waals surface area contributed by atoms with Gasteiger partial charge in [-0.05, 0) is 126 Å². The molecule has 5 aliphatic rings. The molecule has 0 spiro atoms. The van der Waals surface area contributed by atoms with Gasteiger partial charge in [0.25, 0.3) is 0 Å². The summed E-state index contributed by atoms with van der Waals surface area (Å²) >= 11 is 3.66. The van der Waals surface area contributed by atoms with Gasteiger partial charge in [-0.3, -0.25) is 4.90 Å². The van der Waals surface area contributed by atoms with Crippen molar-refractivity contribution in [2.45, 2.75) is 6.54 Å². The SMILES string of the molecule is Brc1ccccc1CN1C[C]2[CH][CH][CH][C]2[C]2[CH][CH][CH][C]2C1.[CH]1[CH][CH][CH][CH]1.[CH]1[CH][CH][CH][CH]1.[Fe+2].[Fe+2]. The molecule has 0 bridgehead atoms. The van der Waals surface area contributed by atoms with Crippen molar-refractivity contribution in [3.05, 3.63) is 161 Å². The van der Waals surface area contributed by atoms with Gasteiger partial charge in [0.1, 0.15) is 0 Å². The van der Waals surface area contributed by atoms with Crippen LogP contribution in [-0.2, 0) is 40.7 Å². The fourth-order valence-corrected chi connectivity index (χ4v) is 4.28. The molecule has 1 saturated heterocycles. The Morgan fingerprint density at radius 2 is 1.00 bits per heavy atom. The van der Waals surface area contributed by atoms with Crippen molar-refractivity contribution >= 4 is 15.9 Å². The molecule has 1 heterocycles. The number of benzene rings is 1. The van der Waals surface area contributed by atoms with Crippen LogP contribution in [0, 0.1) is 126 Å². The molecule has 0 unspecified atom stereocenters. The molecular formula is C29H26BrFe2N+4. The Labute approximate surface area is 234 Å². The summed E-state index contributed by atoms with van der Waals surface area (Å²) in [5.41, 5.74) is 1.35. The minimum Gasteiger partial charge on any atom is -0.298 e. The zero-order valence-corrected chi connectivity index (χ0v) is 22.0. The first-order valence-electron chi connectivity index (χ1n) is 10.6. The van der Waals surface area contributed by atoms with Crippen LogP contribution >= 0.6 is 15.9 Å². The van der Waals surface area contributed by atoms with Gasteiger partial charge in [0.15, 0.2) is 0 Å². The predicted octanol–water partition coefficient (Wildman–Crippen LogP) is 5.85. The second-order valence-corrected chi connectivity index (χ2v) is 8.44. The van der Waals surface area contributed by atoms with Crippen LogP contribution in [0.15, 0.2) is 28.7 Å². The molecule has 1 aliphatic heterocycles. The monoisotopic (exact) mass is 579 g/mol. The summed E-state index contributed by atoms with van der Waals surface area (Å²) in [5, 5.41) is 0. The van der Waals surface area contributed by atoms with Crippen LogP contribution in [-0.4, -0.2) is 18.0 Å². The standard InChI is InChI=1S/C19H16BrN.2C5H5.2Fe/c20-19-10-2-1-5-16(19)13-21-11-14-6-3-8-17(14)18-9-4-7-15(18)12-21;2*1-2-4-5-3-1;;/h1-10H,11-13H2;2*1-5H;;/q;;;2*+2. The largest absolute Gasteiger partial charge is 2.00 e. The number of rotatable bonds is 2. The molecule has 1 aromatic rings. The molecule has 166 valence electrons. The van der Waals surface area contributed by atoms with E-state index in [0.29, 0.717) is 0 Å². The molecule has 20 radical (unpaired) electrons. The predicted molar refractivity (Wildman–Crippen MR) is 131 cm³/mol. The van der Waals surface area contributed by atoms with Crippen molar-refractivity contribution < 1.29 is 34.1 Å². The summed E-state index contributed by atoms with van der Waals surface area (Å²) in [6.45, 7) is 2.99. The van der Waals surface area contributed by atoms with Crippen LogP contribution in [0.2, 0.25) is 0 Å². The summed E-state index contributed by atoms with van der Waals surface area (Å²) in [7, 11) is 0. The molecule has 1 aromatic carbocycles. The van der Waals surface area contributed by atoms with E-state index in [-0.39, 0.29) is 34.1 Å². The van der Waals surface area contributed by atoms with Crippen molar-refractivity contribution in [1.29, 1.82) is 0 Å². The summed E-state index contributed by atoms with van der Waals surface area (Å²) in [5.74, 6) is 5.69. The number of hydrogen-bond donors (Lipinski definition) is 0. The van der Waals surface area contributed by atoms with E-state index in [1.54, 1.807) is 0 Å². The number of likely N-dealkylation sites (tertiary alicyclic amines) is 1. The summed E-state index contributed by atoms with van der Waals surface area (Å²) in [6.07, 6.45) is 33.3. The van der Waals surface area contributed by atoms with E-state index in [1.165, 1.54) is 33.7 Å². The quantitative estimate of drug-likeness (QED) is 0.397. The van der Waals surface area contributed by atoms with Crippen LogP contribution in [0.3, 0.4) is 0 Å². The zero-order valence-electron chi connectivity index (χ0n) is 18.2. The first-order chi connectivity index (χ1) is 15.3. The van der Waals surface area contributed by atoms with Gasteiger partial charge in [-0.2, -0.15) is 0 Å². The fraction of sp³-hybridized carbons (Fsp3) is 0.103. The Morgan fingerprint density at radius 3 is 1.42 bits per heavy atom. The first kappa shape index (κ1) is 29.9. The third kappa shape index (κ3) is 9.26. The van der Waals surface area contributed by atoms with Gasteiger partial charge >= 0.3 is 34.1 Å². The van der Waals surface area contributed by atoms with Gasteiger partial charge in [0.2, 0.25) is 0 Å². The van der Waals surface area contributed by atoms with E-state index in [0.717, 1.165) is 19.6 Å². The molecule has 0 N–H and O–H groups in total. The number of hydrogen-bond acceptors (Lipinski definition) is 1. The van der Waals surface area contributed by atoms with Crippen molar-refractivity contribution in [2.24, 2.45) is 0 Å². The minimum absolute atomic E-state index is 0. The Bertz CT molecular complexity index is 599. The molecule has 4 heteroatoms. The third-order valence-corrected chi connectivity index (χ3v) is 6.13.